The summed E-state index contributed by atoms with van der Waals surface area (Å²) < 4.78 is 5.49. The number of carbonyl (C=O) groups excluding carboxylic acids is 2. The molecule has 82 heavy (non-hydrogen) atoms. The molecule has 0 saturated heterocycles. The summed E-state index contributed by atoms with van der Waals surface area (Å²) in [5.74, 6) is -0.0527. The third-order valence-electron chi connectivity index (χ3n) is 17.4. The van der Waals surface area contributed by atoms with E-state index in [1.807, 2.05) is 6.08 Å². The van der Waals surface area contributed by atoms with Crippen molar-refractivity contribution in [3.05, 3.63) is 36.5 Å². The zero-order valence-corrected chi connectivity index (χ0v) is 55.5. The van der Waals surface area contributed by atoms with E-state index in [2.05, 4.69) is 43.5 Å². The number of nitrogens with one attached hydrogen (secondary N) is 1. The quantitative estimate of drug-likeness (QED) is 0.0320. The minimum absolute atomic E-state index is 0.00734. The Labute approximate surface area is 513 Å². The molecule has 0 aromatic carbocycles. The fraction of sp³-hybridized carbons (Fsp3) is 0.895. The van der Waals surface area contributed by atoms with E-state index in [-0.39, 0.29) is 18.5 Å². The van der Waals surface area contributed by atoms with Gasteiger partial charge in [-0.1, -0.05) is 371 Å². The van der Waals surface area contributed by atoms with E-state index in [9.17, 15) is 19.8 Å². The van der Waals surface area contributed by atoms with E-state index in [4.69, 9.17) is 4.74 Å². The summed E-state index contributed by atoms with van der Waals surface area (Å²) in [6.07, 6.45) is 92.5. The average molecular weight is 1150 g/mol. The van der Waals surface area contributed by atoms with Crippen LogP contribution < -0.4 is 5.32 Å². The van der Waals surface area contributed by atoms with Crippen LogP contribution in [-0.4, -0.2) is 47.4 Å². The summed E-state index contributed by atoms with van der Waals surface area (Å²) in [5.41, 5.74) is 0. The first-order valence-electron chi connectivity index (χ1n) is 37.3. The zero-order chi connectivity index (χ0) is 59.2. The molecule has 0 heterocycles. The first-order valence-corrected chi connectivity index (χ1v) is 37.3. The molecule has 484 valence electrons. The second kappa shape index (κ2) is 71.6. The van der Waals surface area contributed by atoms with Gasteiger partial charge >= 0.3 is 5.97 Å². The Morgan fingerprint density at radius 2 is 0.610 bits per heavy atom. The predicted molar refractivity (Wildman–Crippen MR) is 361 cm³/mol. The molecule has 6 nitrogen and oxygen atoms in total. The molecule has 0 aliphatic carbocycles. The summed E-state index contributed by atoms with van der Waals surface area (Å²) in [7, 11) is 0. The van der Waals surface area contributed by atoms with Crippen molar-refractivity contribution >= 4 is 11.9 Å². The summed E-state index contributed by atoms with van der Waals surface area (Å²) in [5, 5.41) is 23.2. The molecule has 0 aliphatic heterocycles. The molecule has 0 aromatic rings. The number of hydrogen-bond donors (Lipinski definition) is 3. The van der Waals surface area contributed by atoms with Crippen molar-refractivity contribution in [2.75, 3.05) is 13.2 Å². The van der Waals surface area contributed by atoms with Crippen molar-refractivity contribution in [2.45, 2.75) is 424 Å². The van der Waals surface area contributed by atoms with Gasteiger partial charge in [-0.05, 0) is 64.2 Å². The Bertz CT molecular complexity index is 1330. The first-order chi connectivity index (χ1) is 40.5. The molecule has 0 aromatic heterocycles. The monoisotopic (exact) mass is 1150 g/mol. The van der Waals surface area contributed by atoms with Crippen LogP contribution >= 0.6 is 0 Å². The third-order valence-corrected chi connectivity index (χ3v) is 17.4. The number of esters is 1. The van der Waals surface area contributed by atoms with Gasteiger partial charge in [0.2, 0.25) is 5.91 Å². The number of aliphatic hydroxyl groups excluding tert-OH is 2. The molecule has 0 aliphatic rings. The third kappa shape index (κ3) is 67.2. The molecule has 0 radical (unpaired) electrons. The first kappa shape index (κ1) is 80.1. The molecule has 0 saturated carbocycles. The van der Waals surface area contributed by atoms with Gasteiger partial charge < -0.3 is 20.3 Å². The SMILES string of the molecule is CCCCC/C=C\C/C=C\CCCCCCCC(=O)OCCCCCCCCCCCCCCCCCCCCCCCCCCCCCCCCCCC(=O)NC(CO)C(O)/C=C/CCCCCCCCCCCCCCCCCC. The van der Waals surface area contributed by atoms with Gasteiger partial charge in [0.25, 0.3) is 0 Å². The van der Waals surface area contributed by atoms with Crippen LogP contribution in [0, 0.1) is 0 Å². The van der Waals surface area contributed by atoms with E-state index in [0.717, 1.165) is 51.4 Å². The van der Waals surface area contributed by atoms with Crippen LogP contribution in [0.4, 0.5) is 0 Å². The number of ether oxygens (including phenoxy) is 1. The second-order valence-corrected chi connectivity index (χ2v) is 25.6. The van der Waals surface area contributed by atoms with Crippen molar-refractivity contribution in [3.8, 4) is 0 Å². The number of aliphatic hydroxyl groups is 2. The number of hydrogen-bond acceptors (Lipinski definition) is 5. The topological polar surface area (TPSA) is 95.9 Å². The number of allylic oxidation sites excluding steroid dienone is 5. The van der Waals surface area contributed by atoms with Crippen molar-refractivity contribution in [2.24, 2.45) is 0 Å². The molecular weight excluding hydrogens is 1010 g/mol. The lowest BCUT2D eigenvalue weighted by molar-refractivity contribution is -0.143. The minimum Gasteiger partial charge on any atom is -0.466 e. The minimum atomic E-state index is -0.842. The average Bonchev–Trinajstić information content (AvgIpc) is 3.48. The largest absolute Gasteiger partial charge is 0.466 e. The Morgan fingerprint density at radius 1 is 0.341 bits per heavy atom. The molecule has 2 atom stereocenters. The Balaban J connectivity index is 3.34. The highest BCUT2D eigenvalue weighted by atomic mass is 16.5. The van der Waals surface area contributed by atoms with E-state index in [1.165, 1.54) is 334 Å². The van der Waals surface area contributed by atoms with Gasteiger partial charge in [0, 0.05) is 12.8 Å². The molecule has 0 spiro atoms. The summed E-state index contributed by atoms with van der Waals surface area (Å²) >= 11 is 0. The molecular formula is C76H145NO5. The maximum Gasteiger partial charge on any atom is 0.305 e. The van der Waals surface area contributed by atoms with E-state index >= 15 is 0 Å². The summed E-state index contributed by atoms with van der Waals surface area (Å²) in [6, 6.07) is -0.625. The smallest absolute Gasteiger partial charge is 0.305 e. The molecule has 6 heteroatoms. The van der Waals surface area contributed by atoms with Crippen LogP contribution in [0.1, 0.15) is 412 Å². The van der Waals surface area contributed by atoms with Crippen molar-refractivity contribution < 1.29 is 24.5 Å². The lowest BCUT2D eigenvalue weighted by atomic mass is 10.0. The molecule has 1 amide bonds. The number of rotatable bonds is 70. The predicted octanol–water partition coefficient (Wildman–Crippen LogP) is 24.3. The Morgan fingerprint density at radius 3 is 0.951 bits per heavy atom. The highest BCUT2D eigenvalue weighted by Gasteiger charge is 2.18. The van der Waals surface area contributed by atoms with Crippen LogP contribution in [0.25, 0.3) is 0 Å². The van der Waals surface area contributed by atoms with Gasteiger partial charge in [-0.15, -0.1) is 0 Å². The summed E-state index contributed by atoms with van der Waals surface area (Å²) in [4.78, 5) is 24.6. The van der Waals surface area contributed by atoms with Gasteiger partial charge in [0.05, 0.1) is 25.4 Å². The standard InChI is InChI=1S/C76H145NO5/c1-3-5-7-9-11-13-15-17-19-20-37-41-44-48-52-56-60-64-68-74(79)73(72-78)77-75(80)69-65-61-57-53-49-45-42-38-35-33-31-29-27-25-23-21-22-24-26-28-30-32-34-36-39-43-47-51-55-59-63-67-71-82-76(81)70-66-62-58-54-50-46-40-18-16-14-12-10-8-6-4-2/h12,14,18,40,64,68,73-74,78-79H,3-11,13,15-17,19-39,41-63,65-67,69-72H2,1-2H3,(H,77,80)/b14-12-,40-18-,68-64+. The molecule has 0 rings (SSSR count). The van der Waals surface area contributed by atoms with Gasteiger partial charge in [-0.3, -0.25) is 9.59 Å². The lowest BCUT2D eigenvalue weighted by Crippen LogP contribution is -2.45. The second-order valence-electron chi connectivity index (χ2n) is 25.6. The van der Waals surface area contributed by atoms with E-state index < -0.39 is 12.1 Å². The van der Waals surface area contributed by atoms with Crippen molar-refractivity contribution in [1.82, 2.24) is 5.32 Å². The Kier molecular flexibility index (Phi) is 69.9. The fourth-order valence-electron chi connectivity index (χ4n) is 11.7. The zero-order valence-electron chi connectivity index (χ0n) is 55.5. The van der Waals surface area contributed by atoms with Crippen LogP contribution in [0.3, 0.4) is 0 Å². The maximum absolute atomic E-state index is 12.5. The van der Waals surface area contributed by atoms with Crippen molar-refractivity contribution in [3.63, 3.8) is 0 Å². The van der Waals surface area contributed by atoms with Gasteiger partial charge in [-0.25, -0.2) is 0 Å². The van der Waals surface area contributed by atoms with Crippen LogP contribution in [0.5, 0.6) is 0 Å². The van der Waals surface area contributed by atoms with Gasteiger partial charge in [-0.2, -0.15) is 0 Å². The highest BCUT2D eigenvalue weighted by Crippen LogP contribution is 2.19. The Hall–Kier alpha value is -1.92. The van der Waals surface area contributed by atoms with E-state index in [1.54, 1.807) is 6.08 Å². The molecule has 0 bridgehead atoms. The van der Waals surface area contributed by atoms with Crippen LogP contribution in [0.15, 0.2) is 36.5 Å². The van der Waals surface area contributed by atoms with Crippen molar-refractivity contribution in [1.29, 1.82) is 0 Å². The van der Waals surface area contributed by atoms with Crippen LogP contribution in [0.2, 0.25) is 0 Å². The fourth-order valence-corrected chi connectivity index (χ4v) is 11.7. The van der Waals surface area contributed by atoms with Crippen LogP contribution in [-0.2, 0) is 14.3 Å². The van der Waals surface area contributed by atoms with E-state index in [0.29, 0.717) is 19.4 Å². The molecule has 3 N–H and O–H groups in total. The molecule has 2 unspecified atom stereocenters. The van der Waals surface area contributed by atoms with Gasteiger partial charge in [0.1, 0.15) is 0 Å². The molecule has 0 fully saturated rings. The number of amides is 1. The number of carbonyl (C=O) groups is 2. The summed E-state index contributed by atoms with van der Waals surface area (Å²) in [6.45, 7) is 4.91. The lowest BCUT2D eigenvalue weighted by Gasteiger charge is -2.20. The normalized spacial score (nSPS) is 12.7. The number of unbranched alkanes of at least 4 members (excludes halogenated alkanes) is 55. The maximum atomic E-state index is 12.5. The highest BCUT2D eigenvalue weighted by molar-refractivity contribution is 5.76. The van der Waals surface area contributed by atoms with Gasteiger partial charge in [0.15, 0.2) is 0 Å².